The van der Waals surface area contributed by atoms with Crippen LogP contribution in [0.3, 0.4) is 0 Å². The molecule has 7 heteroatoms. The van der Waals surface area contributed by atoms with Crippen LogP contribution in [0.5, 0.6) is 0 Å². The van der Waals surface area contributed by atoms with Crippen LogP contribution in [0.4, 0.5) is 13.2 Å². The molecule has 2 heterocycles. The Kier molecular flexibility index (Phi) is 5.48. The molecule has 0 bridgehead atoms. The Balaban J connectivity index is 1.66. The first-order chi connectivity index (χ1) is 9.83. The van der Waals surface area contributed by atoms with Crippen LogP contribution in [-0.4, -0.2) is 66.7 Å². The Morgan fingerprint density at radius 3 is 1.95 bits per heavy atom. The van der Waals surface area contributed by atoms with Gasteiger partial charge >= 0.3 is 6.18 Å². The van der Waals surface area contributed by atoms with Gasteiger partial charge in [0.2, 0.25) is 5.91 Å². The lowest BCUT2D eigenvalue weighted by atomic mass is 9.99. The Bertz CT molecular complexity index is 346. The zero-order chi connectivity index (χ0) is 15.5. The maximum absolute atomic E-state index is 12.3. The smallest absolute Gasteiger partial charge is 0.343 e. The molecule has 0 aliphatic carbocycles. The summed E-state index contributed by atoms with van der Waals surface area (Å²) in [6.45, 7) is 3.35. The van der Waals surface area contributed by atoms with Gasteiger partial charge in [-0.05, 0) is 38.8 Å². The number of rotatable bonds is 3. The van der Waals surface area contributed by atoms with E-state index in [1.807, 2.05) is 4.90 Å². The Labute approximate surface area is 123 Å². The van der Waals surface area contributed by atoms with Gasteiger partial charge in [-0.1, -0.05) is 0 Å². The third kappa shape index (κ3) is 5.47. The molecular formula is C14H24F3N3O. The number of halogens is 3. The molecule has 0 aromatic heterocycles. The van der Waals surface area contributed by atoms with Crippen molar-refractivity contribution in [1.82, 2.24) is 15.1 Å². The Hall–Kier alpha value is -0.820. The van der Waals surface area contributed by atoms with Crippen LogP contribution in [0.15, 0.2) is 0 Å². The minimum absolute atomic E-state index is 0.119. The molecule has 1 amide bonds. The van der Waals surface area contributed by atoms with Gasteiger partial charge < -0.3 is 10.2 Å². The second kappa shape index (κ2) is 6.96. The second-order valence-electron chi connectivity index (χ2n) is 6.11. The number of carbonyl (C=O) groups excluding carboxylic acids is 1. The maximum atomic E-state index is 12.3. The molecule has 0 saturated carbocycles. The molecule has 2 fully saturated rings. The highest BCUT2D eigenvalue weighted by molar-refractivity contribution is 5.73. The fourth-order valence-corrected chi connectivity index (χ4v) is 3.21. The number of likely N-dealkylation sites (tertiary alicyclic amines) is 2. The molecule has 0 atom stereocenters. The van der Waals surface area contributed by atoms with Crippen molar-refractivity contribution in [1.29, 1.82) is 0 Å². The number of nitrogens with one attached hydrogen (secondary N) is 1. The van der Waals surface area contributed by atoms with Crippen LogP contribution in [0, 0.1) is 0 Å². The third-order valence-electron chi connectivity index (χ3n) is 4.40. The van der Waals surface area contributed by atoms with E-state index in [9.17, 15) is 18.0 Å². The van der Waals surface area contributed by atoms with Gasteiger partial charge in [-0.2, -0.15) is 13.2 Å². The summed E-state index contributed by atoms with van der Waals surface area (Å²) >= 11 is 0. The number of alkyl halides is 3. The molecule has 2 saturated heterocycles. The van der Waals surface area contributed by atoms with Crippen LogP contribution in [0.25, 0.3) is 0 Å². The van der Waals surface area contributed by atoms with Crippen molar-refractivity contribution in [2.45, 2.75) is 50.9 Å². The zero-order valence-corrected chi connectivity index (χ0v) is 12.5. The fraction of sp³-hybridized carbons (Fsp3) is 0.929. The lowest BCUT2D eigenvalue weighted by molar-refractivity contribution is -0.148. The van der Waals surface area contributed by atoms with E-state index >= 15 is 0 Å². The van der Waals surface area contributed by atoms with E-state index in [2.05, 4.69) is 5.32 Å². The number of hydrogen-bond donors (Lipinski definition) is 1. The molecule has 0 unspecified atom stereocenters. The molecule has 2 aliphatic rings. The lowest BCUT2D eigenvalue weighted by Gasteiger charge is -2.37. The lowest BCUT2D eigenvalue weighted by Crippen LogP contribution is -2.51. The van der Waals surface area contributed by atoms with Crippen LogP contribution in [0.2, 0.25) is 0 Å². The van der Waals surface area contributed by atoms with Gasteiger partial charge in [0.1, 0.15) is 0 Å². The molecular weight excluding hydrogens is 283 g/mol. The summed E-state index contributed by atoms with van der Waals surface area (Å²) in [7, 11) is 0. The van der Waals surface area contributed by atoms with Crippen LogP contribution in [-0.2, 0) is 4.79 Å². The molecule has 0 aromatic carbocycles. The summed E-state index contributed by atoms with van der Waals surface area (Å²) in [5.41, 5.74) is 0. The number of hydrogen-bond acceptors (Lipinski definition) is 3. The quantitative estimate of drug-likeness (QED) is 0.860. The molecule has 122 valence electrons. The van der Waals surface area contributed by atoms with Crippen molar-refractivity contribution >= 4 is 5.91 Å². The minimum atomic E-state index is -4.10. The van der Waals surface area contributed by atoms with Crippen molar-refractivity contribution in [2.24, 2.45) is 0 Å². The molecule has 0 spiro atoms. The van der Waals surface area contributed by atoms with Gasteiger partial charge in [-0.3, -0.25) is 9.69 Å². The van der Waals surface area contributed by atoms with Gasteiger partial charge in [0, 0.05) is 32.1 Å². The van der Waals surface area contributed by atoms with E-state index in [0.29, 0.717) is 25.2 Å². The van der Waals surface area contributed by atoms with E-state index in [-0.39, 0.29) is 5.91 Å². The molecule has 4 nitrogen and oxygen atoms in total. The molecule has 0 aromatic rings. The van der Waals surface area contributed by atoms with Gasteiger partial charge in [-0.15, -0.1) is 0 Å². The predicted octanol–water partition coefficient (Wildman–Crippen LogP) is 1.61. The van der Waals surface area contributed by atoms with Crippen LogP contribution < -0.4 is 5.32 Å². The average Bonchev–Trinajstić information content (AvgIpc) is 2.40. The largest absolute Gasteiger partial charge is 0.401 e. The highest BCUT2D eigenvalue weighted by Crippen LogP contribution is 2.21. The van der Waals surface area contributed by atoms with Crippen molar-refractivity contribution in [3.63, 3.8) is 0 Å². The summed E-state index contributed by atoms with van der Waals surface area (Å²) < 4.78 is 37.0. The maximum Gasteiger partial charge on any atom is 0.401 e. The van der Waals surface area contributed by atoms with E-state index in [4.69, 9.17) is 0 Å². The van der Waals surface area contributed by atoms with E-state index in [1.54, 1.807) is 6.92 Å². The fourth-order valence-electron chi connectivity index (χ4n) is 3.21. The summed E-state index contributed by atoms with van der Waals surface area (Å²) in [4.78, 5) is 14.6. The summed E-state index contributed by atoms with van der Waals surface area (Å²) in [5, 5.41) is 3.55. The number of nitrogens with zero attached hydrogens (tertiary/aromatic N) is 2. The van der Waals surface area contributed by atoms with Crippen molar-refractivity contribution in [3.05, 3.63) is 0 Å². The first-order valence-electron chi connectivity index (χ1n) is 7.64. The highest BCUT2D eigenvalue weighted by Gasteiger charge is 2.33. The normalized spacial score (nSPS) is 23.5. The summed E-state index contributed by atoms with van der Waals surface area (Å²) in [6, 6.07) is 0.697. The van der Waals surface area contributed by atoms with E-state index in [0.717, 1.165) is 38.8 Å². The van der Waals surface area contributed by atoms with Crippen LogP contribution in [0.1, 0.15) is 32.6 Å². The molecule has 1 N–H and O–H groups in total. The van der Waals surface area contributed by atoms with Gasteiger partial charge in [-0.25, -0.2) is 0 Å². The Morgan fingerprint density at radius 2 is 1.52 bits per heavy atom. The second-order valence-corrected chi connectivity index (χ2v) is 6.11. The number of piperidine rings is 2. The van der Waals surface area contributed by atoms with Crippen molar-refractivity contribution in [2.75, 3.05) is 32.7 Å². The van der Waals surface area contributed by atoms with Crippen molar-refractivity contribution in [3.8, 4) is 0 Å². The molecule has 0 radical (unpaired) electrons. The SMILES string of the molecule is CC(=O)N1CCC(NC2CCN(CC(F)(F)F)CC2)CC1. The predicted molar refractivity (Wildman–Crippen MR) is 73.9 cm³/mol. The van der Waals surface area contributed by atoms with Crippen LogP contribution >= 0.6 is 0 Å². The summed E-state index contributed by atoms with van der Waals surface area (Å²) in [6.07, 6.45) is -0.698. The van der Waals surface area contributed by atoms with Gasteiger partial charge in [0.25, 0.3) is 0 Å². The first kappa shape index (κ1) is 16.5. The monoisotopic (exact) mass is 307 g/mol. The van der Waals surface area contributed by atoms with E-state index in [1.165, 1.54) is 4.90 Å². The summed E-state index contributed by atoms with van der Waals surface area (Å²) in [5.74, 6) is 0.119. The highest BCUT2D eigenvalue weighted by atomic mass is 19.4. The minimum Gasteiger partial charge on any atom is -0.343 e. The molecule has 21 heavy (non-hydrogen) atoms. The van der Waals surface area contributed by atoms with Crippen molar-refractivity contribution < 1.29 is 18.0 Å². The zero-order valence-electron chi connectivity index (χ0n) is 12.5. The Morgan fingerprint density at radius 1 is 1.05 bits per heavy atom. The van der Waals surface area contributed by atoms with Gasteiger partial charge in [0.15, 0.2) is 0 Å². The third-order valence-corrected chi connectivity index (χ3v) is 4.40. The first-order valence-corrected chi connectivity index (χ1v) is 7.64. The van der Waals surface area contributed by atoms with E-state index < -0.39 is 12.7 Å². The molecule has 2 aliphatic heterocycles. The molecule has 2 rings (SSSR count). The number of amides is 1. The number of carbonyl (C=O) groups is 1. The topological polar surface area (TPSA) is 35.6 Å². The average molecular weight is 307 g/mol. The standard InChI is InChI=1S/C14H24F3N3O/c1-11(21)20-8-4-13(5-9-20)18-12-2-6-19(7-3-12)10-14(15,16)17/h12-13,18H,2-10H2,1H3. The van der Waals surface area contributed by atoms with Gasteiger partial charge in [0.05, 0.1) is 6.54 Å².